The summed E-state index contributed by atoms with van der Waals surface area (Å²) >= 11 is 12.8. The molecule has 1 heterocycles. The van der Waals surface area contributed by atoms with E-state index in [-0.39, 0.29) is 28.2 Å². The standard InChI is InChI=1S/C17H14Cl2N2O4S2/c18-12-1-5-14(6-2-12)24-11-16-20-21-17(25-16)26-9-10-27(22,23)15-7-3-13(19)4-8-15/h1-8H,9-11H2. The van der Waals surface area contributed by atoms with E-state index in [2.05, 4.69) is 10.2 Å². The van der Waals surface area contributed by atoms with E-state index in [0.29, 0.717) is 21.7 Å². The van der Waals surface area contributed by atoms with Crippen molar-refractivity contribution in [2.45, 2.75) is 16.7 Å². The highest BCUT2D eigenvalue weighted by atomic mass is 35.5. The second-order valence-corrected chi connectivity index (χ2v) is 9.35. The highest BCUT2D eigenvalue weighted by Gasteiger charge is 2.15. The summed E-state index contributed by atoms with van der Waals surface area (Å²) in [5.74, 6) is 1.15. The van der Waals surface area contributed by atoms with Crippen molar-refractivity contribution in [2.75, 3.05) is 11.5 Å². The number of benzene rings is 2. The van der Waals surface area contributed by atoms with E-state index in [4.69, 9.17) is 32.4 Å². The van der Waals surface area contributed by atoms with Crippen molar-refractivity contribution < 1.29 is 17.6 Å². The van der Waals surface area contributed by atoms with E-state index in [1.807, 2.05) is 0 Å². The predicted octanol–water partition coefficient (Wildman–Crippen LogP) is 4.52. The molecule has 0 amide bonds. The lowest BCUT2D eigenvalue weighted by Crippen LogP contribution is -2.08. The van der Waals surface area contributed by atoms with Crippen LogP contribution in [0.15, 0.2) is 63.1 Å². The van der Waals surface area contributed by atoms with Gasteiger partial charge >= 0.3 is 0 Å². The second-order valence-electron chi connectivity index (χ2n) is 5.33. The normalized spacial score (nSPS) is 11.5. The molecule has 1 aromatic heterocycles. The third-order valence-electron chi connectivity index (χ3n) is 3.37. The molecule has 2 aromatic carbocycles. The summed E-state index contributed by atoms with van der Waals surface area (Å²) in [6.07, 6.45) is 0. The van der Waals surface area contributed by atoms with Crippen molar-refractivity contribution in [1.29, 1.82) is 0 Å². The molecule has 0 spiro atoms. The molecule has 0 bridgehead atoms. The van der Waals surface area contributed by atoms with Crippen LogP contribution >= 0.6 is 35.0 Å². The minimum Gasteiger partial charge on any atom is -0.484 e. The molecule has 0 aliphatic heterocycles. The number of aromatic nitrogens is 2. The van der Waals surface area contributed by atoms with Gasteiger partial charge < -0.3 is 9.15 Å². The summed E-state index contributed by atoms with van der Waals surface area (Å²) in [4.78, 5) is 0.232. The van der Waals surface area contributed by atoms with Gasteiger partial charge in [-0.15, -0.1) is 10.2 Å². The van der Waals surface area contributed by atoms with Gasteiger partial charge in [0.1, 0.15) is 5.75 Å². The van der Waals surface area contributed by atoms with Crippen molar-refractivity contribution in [3.05, 3.63) is 64.5 Å². The van der Waals surface area contributed by atoms with E-state index in [9.17, 15) is 8.42 Å². The van der Waals surface area contributed by atoms with Crippen LogP contribution in [-0.4, -0.2) is 30.1 Å². The van der Waals surface area contributed by atoms with Crippen molar-refractivity contribution in [1.82, 2.24) is 10.2 Å². The van der Waals surface area contributed by atoms with Gasteiger partial charge in [0, 0.05) is 15.8 Å². The Bertz CT molecular complexity index is 991. The summed E-state index contributed by atoms with van der Waals surface area (Å²) in [7, 11) is -3.39. The van der Waals surface area contributed by atoms with E-state index >= 15 is 0 Å². The Morgan fingerprint density at radius 2 is 1.59 bits per heavy atom. The van der Waals surface area contributed by atoms with E-state index in [1.54, 1.807) is 36.4 Å². The molecular weight excluding hydrogens is 431 g/mol. The smallest absolute Gasteiger partial charge is 0.276 e. The average Bonchev–Trinajstić information content (AvgIpc) is 3.09. The minimum absolute atomic E-state index is 0.0573. The molecule has 0 fully saturated rings. The largest absolute Gasteiger partial charge is 0.484 e. The number of thioether (sulfide) groups is 1. The average molecular weight is 445 g/mol. The predicted molar refractivity (Wildman–Crippen MR) is 104 cm³/mol. The number of rotatable bonds is 8. The first-order valence-electron chi connectivity index (χ1n) is 7.74. The molecule has 0 atom stereocenters. The summed E-state index contributed by atoms with van der Waals surface area (Å²) in [5.41, 5.74) is 0. The van der Waals surface area contributed by atoms with Gasteiger partial charge in [-0.3, -0.25) is 0 Å². The molecule has 0 N–H and O–H groups in total. The van der Waals surface area contributed by atoms with Gasteiger partial charge in [0.2, 0.25) is 0 Å². The van der Waals surface area contributed by atoms with Crippen LogP contribution in [0.25, 0.3) is 0 Å². The van der Waals surface area contributed by atoms with Crippen molar-refractivity contribution >= 4 is 44.8 Å². The van der Waals surface area contributed by atoms with Crippen LogP contribution in [0, 0.1) is 0 Å². The lowest BCUT2D eigenvalue weighted by atomic mass is 10.3. The zero-order chi connectivity index (χ0) is 19.3. The van der Waals surface area contributed by atoms with Crippen LogP contribution in [0.5, 0.6) is 5.75 Å². The van der Waals surface area contributed by atoms with E-state index in [1.165, 1.54) is 23.9 Å². The fraction of sp³-hybridized carbons (Fsp3) is 0.176. The molecule has 3 rings (SSSR count). The zero-order valence-corrected chi connectivity index (χ0v) is 17.0. The summed E-state index contributed by atoms with van der Waals surface area (Å²) in [6, 6.07) is 13.0. The molecule has 0 radical (unpaired) electrons. The number of halogens is 2. The van der Waals surface area contributed by atoms with Crippen molar-refractivity contribution in [3.63, 3.8) is 0 Å². The number of hydrogen-bond donors (Lipinski definition) is 0. The first kappa shape index (κ1) is 20.0. The number of sulfone groups is 1. The first-order valence-corrected chi connectivity index (χ1v) is 11.1. The first-order chi connectivity index (χ1) is 12.9. The molecular formula is C17H14Cl2N2O4S2. The highest BCUT2D eigenvalue weighted by Crippen LogP contribution is 2.21. The van der Waals surface area contributed by atoms with Crippen LogP contribution in [0.3, 0.4) is 0 Å². The van der Waals surface area contributed by atoms with Crippen molar-refractivity contribution in [3.8, 4) is 5.75 Å². The lowest BCUT2D eigenvalue weighted by molar-refractivity contribution is 0.252. The van der Waals surface area contributed by atoms with Crippen LogP contribution in [0.1, 0.15) is 5.89 Å². The maximum absolute atomic E-state index is 12.3. The topological polar surface area (TPSA) is 82.3 Å². The van der Waals surface area contributed by atoms with Gasteiger partial charge in [-0.1, -0.05) is 35.0 Å². The maximum atomic E-state index is 12.3. The fourth-order valence-electron chi connectivity index (χ4n) is 2.03. The molecule has 0 unspecified atom stereocenters. The third kappa shape index (κ3) is 5.87. The Kier molecular flexibility index (Phi) is 6.64. The van der Waals surface area contributed by atoms with Gasteiger partial charge in [-0.05, 0) is 48.5 Å². The van der Waals surface area contributed by atoms with Gasteiger partial charge in [-0.2, -0.15) is 0 Å². The monoisotopic (exact) mass is 444 g/mol. The van der Waals surface area contributed by atoms with Crippen LogP contribution in [-0.2, 0) is 16.4 Å². The SMILES string of the molecule is O=S(=O)(CCSc1nnc(COc2ccc(Cl)cc2)o1)c1ccc(Cl)cc1. The number of hydrogen-bond acceptors (Lipinski definition) is 7. The Hall–Kier alpha value is -1.74. The summed E-state index contributed by atoms with van der Waals surface area (Å²) in [6.45, 7) is 0.109. The zero-order valence-electron chi connectivity index (χ0n) is 13.8. The molecule has 27 heavy (non-hydrogen) atoms. The minimum atomic E-state index is -3.39. The summed E-state index contributed by atoms with van der Waals surface area (Å²) < 4.78 is 35.5. The summed E-state index contributed by atoms with van der Waals surface area (Å²) in [5, 5.41) is 9.15. The van der Waals surface area contributed by atoms with Crippen molar-refractivity contribution in [2.24, 2.45) is 0 Å². The molecule has 0 aliphatic carbocycles. The van der Waals surface area contributed by atoms with Gasteiger partial charge in [0.05, 0.1) is 10.6 Å². The molecule has 6 nitrogen and oxygen atoms in total. The molecule has 0 saturated carbocycles. The molecule has 3 aromatic rings. The van der Waals surface area contributed by atoms with E-state index < -0.39 is 9.84 Å². The molecule has 0 aliphatic rings. The van der Waals surface area contributed by atoms with Crippen LogP contribution in [0.4, 0.5) is 0 Å². The Balaban J connectivity index is 1.49. The third-order valence-corrected chi connectivity index (χ3v) is 6.69. The Morgan fingerprint density at radius 3 is 2.26 bits per heavy atom. The van der Waals surface area contributed by atoms with Gasteiger partial charge in [-0.25, -0.2) is 8.42 Å². The Morgan fingerprint density at radius 1 is 0.963 bits per heavy atom. The van der Waals surface area contributed by atoms with Gasteiger partial charge in [0.15, 0.2) is 16.4 Å². The fourth-order valence-corrected chi connectivity index (χ4v) is 4.71. The highest BCUT2D eigenvalue weighted by molar-refractivity contribution is 8.00. The van der Waals surface area contributed by atoms with Gasteiger partial charge in [0.25, 0.3) is 11.1 Å². The second kappa shape index (κ2) is 8.97. The van der Waals surface area contributed by atoms with Crippen LogP contribution < -0.4 is 4.74 Å². The quantitative estimate of drug-likeness (QED) is 0.472. The number of nitrogens with zero attached hydrogens (tertiary/aromatic N) is 2. The van der Waals surface area contributed by atoms with E-state index in [0.717, 1.165) is 0 Å². The van der Waals surface area contributed by atoms with Crippen LogP contribution in [0.2, 0.25) is 10.0 Å². The number of ether oxygens (including phenoxy) is 1. The molecule has 0 saturated heterocycles. The molecule has 142 valence electrons. The lowest BCUT2D eigenvalue weighted by Gasteiger charge is -2.03. The Labute approximate surface area is 170 Å². The maximum Gasteiger partial charge on any atom is 0.276 e. The molecule has 10 heteroatoms.